The summed E-state index contributed by atoms with van der Waals surface area (Å²) in [5.74, 6) is 0.817. The van der Waals surface area contributed by atoms with E-state index in [-0.39, 0.29) is 0 Å². The van der Waals surface area contributed by atoms with E-state index in [1.807, 2.05) is 24.3 Å². The summed E-state index contributed by atoms with van der Waals surface area (Å²) in [6.45, 7) is 3.79. The zero-order valence-corrected chi connectivity index (χ0v) is 11.1. The second kappa shape index (κ2) is 4.20. The van der Waals surface area contributed by atoms with Gasteiger partial charge in [-0.1, -0.05) is 28.1 Å². The summed E-state index contributed by atoms with van der Waals surface area (Å²) in [6.07, 6.45) is 0. The van der Waals surface area contributed by atoms with E-state index in [1.54, 1.807) is 0 Å². The lowest BCUT2D eigenvalue weighted by Gasteiger charge is -2.06. The van der Waals surface area contributed by atoms with Crippen LogP contribution in [0, 0.1) is 6.92 Å². The molecule has 1 N–H and O–H groups in total. The summed E-state index contributed by atoms with van der Waals surface area (Å²) in [7, 11) is 0. The number of hydrogen-bond donors (Lipinski definition) is 1. The third-order valence-corrected chi connectivity index (χ3v) is 3.52. The molecule has 1 aliphatic rings. The molecule has 0 saturated heterocycles. The number of nitrogens with one attached hydrogen (secondary N) is 1. The van der Waals surface area contributed by atoms with Gasteiger partial charge in [0.2, 0.25) is 0 Å². The minimum absolute atomic E-state index is 0.817. The topological polar surface area (TPSA) is 37.8 Å². The Morgan fingerprint density at radius 1 is 1.12 bits per heavy atom. The van der Waals surface area contributed by atoms with E-state index in [2.05, 4.69) is 38.1 Å². The zero-order valence-electron chi connectivity index (χ0n) is 9.50. The first-order valence-corrected chi connectivity index (χ1v) is 6.36. The summed E-state index contributed by atoms with van der Waals surface area (Å²) < 4.78 is 1.07. The van der Waals surface area contributed by atoms with E-state index >= 15 is 0 Å². The van der Waals surface area contributed by atoms with Gasteiger partial charge in [-0.15, -0.1) is 0 Å². The number of hydrogen-bond acceptors (Lipinski definition) is 3. The molecular formula is C13H12BrN3. The Kier molecular flexibility index (Phi) is 2.68. The van der Waals surface area contributed by atoms with E-state index in [1.165, 1.54) is 5.56 Å². The van der Waals surface area contributed by atoms with Crippen LogP contribution in [0.1, 0.15) is 17.0 Å². The lowest BCUT2D eigenvalue weighted by atomic mass is 10.1. The minimum Gasteiger partial charge on any atom is -0.307 e. The first kappa shape index (κ1) is 10.9. The van der Waals surface area contributed by atoms with Crippen molar-refractivity contribution in [3.63, 3.8) is 0 Å². The average molecular weight is 290 g/mol. The zero-order chi connectivity index (χ0) is 11.8. The maximum absolute atomic E-state index is 4.63. The summed E-state index contributed by atoms with van der Waals surface area (Å²) >= 11 is 3.43. The van der Waals surface area contributed by atoms with Crippen LogP contribution in [0.4, 0.5) is 0 Å². The fraction of sp³-hybridized carbons (Fsp3) is 0.231. The Morgan fingerprint density at radius 2 is 1.88 bits per heavy atom. The molecule has 0 radical (unpaired) electrons. The number of benzene rings is 1. The van der Waals surface area contributed by atoms with Crippen LogP contribution in [0.25, 0.3) is 11.4 Å². The van der Waals surface area contributed by atoms with Gasteiger partial charge in [0.25, 0.3) is 0 Å². The van der Waals surface area contributed by atoms with Gasteiger partial charge in [-0.3, -0.25) is 0 Å². The highest BCUT2D eigenvalue weighted by molar-refractivity contribution is 9.10. The second-order valence-electron chi connectivity index (χ2n) is 4.17. The third-order valence-electron chi connectivity index (χ3n) is 3.00. The first-order chi connectivity index (χ1) is 8.24. The number of halogens is 1. The van der Waals surface area contributed by atoms with Gasteiger partial charge in [0.1, 0.15) is 0 Å². The van der Waals surface area contributed by atoms with Crippen LogP contribution >= 0.6 is 15.9 Å². The van der Waals surface area contributed by atoms with Crippen molar-refractivity contribution in [1.82, 2.24) is 15.3 Å². The molecule has 0 unspecified atom stereocenters. The predicted octanol–water partition coefficient (Wildman–Crippen LogP) is 2.82. The van der Waals surface area contributed by atoms with Crippen LogP contribution in [-0.4, -0.2) is 9.97 Å². The molecule has 0 amide bonds. The Balaban J connectivity index is 2.10. The first-order valence-electron chi connectivity index (χ1n) is 5.57. The molecule has 0 saturated carbocycles. The highest BCUT2D eigenvalue weighted by atomic mass is 79.9. The molecule has 0 bridgehead atoms. The van der Waals surface area contributed by atoms with Gasteiger partial charge in [0.05, 0.1) is 5.69 Å². The predicted molar refractivity (Wildman–Crippen MR) is 70.4 cm³/mol. The highest BCUT2D eigenvalue weighted by Crippen LogP contribution is 2.23. The van der Waals surface area contributed by atoms with Gasteiger partial charge < -0.3 is 5.32 Å². The largest absolute Gasteiger partial charge is 0.307 e. The van der Waals surface area contributed by atoms with E-state index in [9.17, 15) is 0 Å². The van der Waals surface area contributed by atoms with E-state index in [4.69, 9.17) is 0 Å². The van der Waals surface area contributed by atoms with Crippen molar-refractivity contribution in [2.75, 3.05) is 0 Å². The van der Waals surface area contributed by atoms with Crippen molar-refractivity contribution in [2.45, 2.75) is 20.0 Å². The summed E-state index contributed by atoms with van der Waals surface area (Å²) in [5, 5.41) is 3.31. The molecule has 1 aromatic heterocycles. The van der Waals surface area contributed by atoms with Crippen molar-refractivity contribution in [3.05, 3.63) is 45.7 Å². The van der Waals surface area contributed by atoms with Gasteiger partial charge in [-0.25, -0.2) is 9.97 Å². The quantitative estimate of drug-likeness (QED) is 0.877. The minimum atomic E-state index is 0.817. The standard InChI is InChI=1S/C13H12BrN3/c1-8-11-6-15-7-12(11)17-13(16-8)9-2-4-10(14)5-3-9/h2-5,15H,6-7H2,1H3. The normalized spacial score (nSPS) is 13.8. The van der Waals surface area contributed by atoms with Gasteiger partial charge in [0, 0.05) is 34.4 Å². The van der Waals surface area contributed by atoms with Gasteiger partial charge in [-0.05, 0) is 19.1 Å². The molecule has 0 spiro atoms. The van der Waals surface area contributed by atoms with Crippen molar-refractivity contribution in [1.29, 1.82) is 0 Å². The molecule has 86 valence electrons. The average Bonchev–Trinajstić information content (AvgIpc) is 2.78. The number of aromatic nitrogens is 2. The van der Waals surface area contributed by atoms with Crippen LogP contribution in [-0.2, 0) is 13.1 Å². The fourth-order valence-corrected chi connectivity index (χ4v) is 2.33. The number of rotatable bonds is 1. The number of nitrogens with zero attached hydrogens (tertiary/aromatic N) is 2. The summed E-state index contributed by atoms with van der Waals surface area (Å²) in [6, 6.07) is 8.10. The van der Waals surface area contributed by atoms with E-state index in [0.29, 0.717) is 0 Å². The number of fused-ring (bicyclic) bond motifs is 1. The van der Waals surface area contributed by atoms with Crippen LogP contribution in [0.5, 0.6) is 0 Å². The molecule has 2 aromatic rings. The molecule has 1 aromatic carbocycles. The molecule has 17 heavy (non-hydrogen) atoms. The molecule has 2 heterocycles. The van der Waals surface area contributed by atoms with Crippen molar-refractivity contribution in [3.8, 4) is 11.4 Å². The maximum atomic E-state index is 4.63. The molecular weight excluding hydrogens is 278 g/mol. The molecule has 3 nitrogen and oxygen atoms in total. The highest BCUT2D eigenvalue weighted by Gasteiger charge is 2.16. The van der Waals surface area contributed by atoms with E-state index in [0.717, 1.165) is 40.3 Å². The van der Waals surface area contributed by atoms with Crippen molar-refractivity contribution >= 4 is 15.9 Å². The Hall–Kier alpha value is -1.26. The molecule has 4 heteroatoms. The van der Waals surface area contributed by atoms with Gasteiger partial charge in [-0.2, -0.15) is 0 Å². The Bertz CT molecular complexity index is 564. The monoisotopic (exact) mass is 289 g/mol. The second-order valence-corrected chi connectivity index (χ2v) is 5.08. The van der Waals surface area contributed by atoms with E-state index < -0.39 is 0 Å². The Morgan fingerprint density at radius 3 is 2.65 bits per heavy atom. The maximum Gasteiger partial charge on any atom is 0.159 e. The lowest BCUT2D eigenvalue weighted by molar-refractivity contribution is 0.757. The fourth-order valence-electron chi connectivity index (χ4n) is 2.07. The van der Waals surface area contributed by atoms with Crippen LogP contribution in [0.2, 0.25) is 0 Å². The smallest absolute Gasteiger partial charge is 0.159 e. The molecule has 1 aliphatic heterocycles. The molecule has 0 aliphatic carbocycles. The summed E-state index contributed by atoms with van der Waals surface area (Å²) in [4.78, 5) is 9.20. The molecule has 3 rings (SSSR count). The molecule has 0 atom stereocenters. The molecule has 0 fully saturated rings. The van der Waals surface area contributed by atoms with Crippen molar-refractivity contribution < 1.29 is 0 Å². The van der Waals surface area contributed by atoms with Gasteiger partial charge >= 0.3 is 0 Å². The third kappa shape index (κ3) is 1.98. The van der Waals surface area contributed by atoms with Crippen LogP contribution in [0.3, 0.4) is 0 Å². The van der Waals surface area contributed by atoms with Crippen LogP contribution in [0.15, 0.2) is 28.7 Å². The Labute approximate surface area is 108 Å². The van der Waals surface area contributed by atoms with Crippen LogP contribution < -0.4 is 5.32 Å². The number of aryl methyl sites for hydroxylation is 1. The summed E-state index contributed by atoms with van der Waals surface area (Å²) in [5.41, 5.74) is 4.53. The van der Waals surface area contributed by atoms with Crippen molar-refractivity contribution in [2.24, 2.45) is 0 Å². The lowest BCUT2D eigenvalue weighted by Crippen LogP contribution is -2.00. The van der Waals surface area contributed by atoms with Gasteiger partial charge in [0.15, 0.2) is 5.82 Å². The SMILES string of the molecule is Cc1nc(-c2ccc(Br)cc2)nc2c1CNC2.